The Bertz CT molecular complexity index is 923. The van der Waals surface area contributed by atoms with Gasteiger partial charge in [0, 0.05) is 24.5 Å². The molecule has 1 atom stereocenters. The number of pyridine rings is 1. The molecule has 1 fully saturated rings. The number of carbonyl (C=O) groups is 1. The van der Waals surface area contributed by atoms with Gasteiger partial charge in [-0.1, -0.05) is 41.9 Å². The van der Waals surface area contributed by atoms with Crippen molar-refractivity contribution in [2.24, 2.45) is 0 Å². The molecule has 1 aliphatic rings. The Balaban J connectivity index is 1.49. The summed E-state index contributed by atoms with van der Waals surface area (Å²) in [5.74, 6) is 0.711. The third kappa shape index (κ3) is 3.17. The van der Waals surface area contributed by atoms with E-state index in [1.807, 2.05) is 42.5 Å². The number of aromatic nitrogens is 1. The molecular formula is C20H17ClN2O2. The molecule has 5 heteroatoms. The molecule has 1 aliphatic heterocycles. The largest absolute Gasteiger partial charge is 0.486 e. The van der Waals surface area contributed by atoms with Crippen LogP contribution in [-0.2, 0) is 0 Å². The number of halogens is 1. The lowest BCUT2D eigenvalue weighted by atomic mass is 10.2. The summed E-state index contributed by atoms with van der Waals surface area (Å²) in [6, 6.07) is 17.0. The molecule has 4 rings (SSSR count). The molecule has 2 heterocycles. The van der Waals surface area contributed by atoms with Crippen LogP contribution >= 0.6 is 11.6 Å². The van der Waals surface area contributed by atoms with Gasteiger partial charge in [0.1, 0.15) is 17.4 Å². The minimum absolute atomic E-state index is 0.0426. The second-order valence-electron chi connectivity index (χ2n) is 6.09. The number of likely N-dealkylation sites (tertiary alicyclic amines) is 1. The predicted octanol–water partition coefficient (Wildman–Crippen LogP) is 4.18. The van der Waals surface area contributed by atoms with Crippen molar-refractivity contribution in [1.82, 2.24) is 9.88 Å². The van der Waals surface area contributed by atoms with Gasteiger partial charge in [0.15, 0.2) is 0 Å². The third-order valence-electron chi connectivity index (χ3n) is 4.43. The van der Waals surface area contributed by atoms with Crippen molar-refractivity contribution in [2.75, 3.05) is 13.1 Å². The average molecular weight is 353 g/mol. The SMILES string of the molecule is O=C(c1ccccc1Cl)N1CCC(Oc2cccc3cccnc23)C1. The fourth-order valence-corrected chi connectivity index (χ4v) is 3.38. The molecule has 0 N–H and O–H groups in total. The van der Waals surface area contributed by atoms with Crippen LogP contribution in [0.2, 0.25) is 5.02 Å². The van der Waals surface area contributed by atoms with E-state index < -0.39 is 0 Å². The molecule has 1 saturated heterocycles. The molecule has 3 aromatic rings. The van der Waals surface area contributed by atoms with Crippen LogP contribution < -0.4 is 4.74 Å². The monoisotopic (exact) mass is 352 g/mol. The van der Waals surface area contributed by atoms with E-state index in [9.17, 15) is 4.79 Å². The third-order valence-corrected chi connectivity index (χ3v) is 4.76. The number of amides is 1. The minimum atomic E-state index is -0.0484. The fraction of sp³-hybridized carbons (Fsp3) is 0.200. The molecule has 0 spiro atoms. The molecule has 126 valence electrons. The van der Waals surface area contributed by atoms with Crippen LogP contribution in [0.5, 0.6) is 5.75 Å². The minimum Gasteiger partial charge on any atom is -0.486 e. The van der Waals surface area contributed by atoms with Gasteiger partial charge in [-0.05, 0) is 24.3 Å². The Labute approximate surface area is 151 Å². The van der Waals surface area contributed by atoms with Crippen molar-refractivity contribution in [1.29, 1.82) is 0 Å². The number of rotatable bonds is 3. The van der Waals surface area contributed by atoms with E-state index >= 15 is 0 Å². The van der Waals surface area contributed by atoms with E-state index in [-0.39, 0.29) is 12.0 Å². The first-order valence-electron chi connectivity index (χ1n) is 8.26. The molecule has 4 nitrogen and oxygen atoms in total. The number of carbonyl (C=O) groups excluding carboxylic acids is 1. The highest BCUT2D eigenvalue weighted by Gasteiger charge is 2.29. The molecule has 0 aliphatic carbocycles. The summed E-state index contributed by atoms with van der Waals surface area (Å²) in [6.07, 6.45) is 2.51. The lowest BCUT2D eigenvalue weighted by Crippen LogP contribution is -2.31. The summed E-state index contributed by atoms with van der Waals surface area (Å²) in [6.45, 7) is 1.21. The molecule has 0 radical (unpaired) electrons. The van der Waals surface area contributed by atoms with Crippen LogP contribution in [-0.4, -0.2) is 35.0 Å². The lowest BCUT2D eigenvalue weighted by molar-refractivity contribution is 0.0773. The summed E-state index contributed by atoms with van der Waals surface area (Å²) in [5.41, 5.74) is 1.39. The second-order valence-corrected chi connectivity index (χ2v) is 6.50. The van der Waals surface area contributed by atoms with E-state index in [4.69, 9.17) is 16.3 Å². The molecule has 1 amide bonds. The fourth-order valence-electron chi connectivity index (χ4n) is 3.16. The van der Waals surface area contributed by atoms with Gasteiger partial charge in [0.2, 0.25) is 0 Å². The summed E-state index contributed by atoms with van der Waals surface area (Å²) in [4.78, 5) is 18.9. The van der Waals surface area contributed by atoms with E-state index in [0.717, 1.165) is 23.1 Å². The highest BCUT2D eigenvalue weighted by molar-refractivity contribution is 6.33. The van der Waals surface area contributed by atoms with Gasteiger partial charge in [-0.2, -0.15) is 0 Å². The maximum absolute atomic E-state index is 12.7. The number of fused-ring (bicyclic) bond motifs is 1. The Morgan fingerprint density at radius 1 is 1.12 bits per heavy atom. The number of nitrogens with zero attached hydrogens (tertiary/aromatic N) is 2. The zero-order valence-electron chi connectivity index (χ0n) is 13.6. The van der Waals surface area contributed by atoms with Crippen LogP contribution in [0.1, 0.15) is 16.8 Å². The summed E-state index contributed by atoms with van der Waals surface area (Å²) in [5, 5.41) is 1.53. The molecule has 25 heavy (non-hydrogen) atoms. The highest BCUT2D eigenvalue weighted by atomic mass is 35.5. The van der Waals surface area contributed by atoms with Crippen molar-refractivity contribution in [3.63, 3.8) is 0 Å². The van der Waals surface area contributed by atoms with Crippen molar-refractivity contribution in [2.45, 2.75) is 12.5 Å². The first-order chi connectivity index (χ1) is 12.2. The Morgan fingerprint density at radius 3 is 2.84 bits per heavy atom. The maximum atomic E-state index is 12.7. The van der Waals surface area contributed by atoms with E-state index in [1.165, 1.54) is 0 Å². The van der Waals surface area contributed by atoms with Gasteiger partial charge in [-0.15, -0.1) is 0 Å². The van der Waals surface area contributed by atoms with E-state index in [1.54, 1.807) is 23.2 Å². The number of para-hydroxylation sites is 1. The summed E-state index contributed by atoms with van der Waals surface area (Å²) in [7, 11) is 0. The molecule has 2 aromatic carbocycles. The van der Waals surface area contributed by atoms with Crippen LogP contribution in [0.4, 0.5) is 0 Å². The van der Waals surface area contributed by atoms with Gasteiger partial charge in [-0.3, -0.25) is 9.78 Å². The average Bonchev–Trinajstić information content (AvgIpc) is 3.10. The van der Waals surface area contributed by atoms with Crippen LogP contribution in [0, 0.1) is 0 Å². The first-order valence-corrected chi connectivity index (χ1v) is 8.64. The molecule has 1 unspecified atom stereocenters. The standard InChI is InChI=1S/C20H17ClN2O2/c21-17-8-2-1-7-16(17)20(24)23-12-10-15(13-23)25-18-9-3-5-14-6-4-11-22-19(14)18/h1-9,11,15H,10,12-13H2. The van der Waals surface area contributed by atoms with E-state index in [2.05, 4.69) is 4.98 Å². The number of hydrogen-bond acceptors (Lipinski definition) is 3. The van der Waals surface area contributed by atoms with Gasteiger partial charge in [0.25, 0.3) is 5.91 Å². The van der Waals surface area contributed by atoms with Crippen LogP contribution in [0.25, 0.3) is 10.9 Å². The quantitative estimate of drug-likeness (QED) is 0.710. The predicted molar refractivity (Wildman–Crippen MR) is 98.1 cm³/mol. The highest BCUT2D eigenvalue weighted by Crippen LogP contribution is 2.27. The number of hydrogen-bond donors (Lipinski definition) is 0. The molecule has 0 saturated carbocycles. The lowest BCUT2D eigenvalue weighted by Gasteiger charge is -2.18. The van der Waals surface area contributed by atoms with Gasteiger partial charge in [0.05, 0.1) is 17.1 Å². The van der Waals surface area contributed by atoms with Crippen LogP contribution in [0.15, 0.2) is 60.8 Å². The first kappa shape index (κ1) is 15.9. The molecular weight excluding hydrogens is 336 g/mol. The second kappa shape index (κ2) is 6.73. The maximum Gasteiger partial charge on any atom is 0.255 e. The summed E-state index contributed by atoms with van der Waals surface area (Å²) >= 11 is 6.14. The normalized spacial score (nSPS) is 17.0. The zero-order valence-corrected chi connectivity index (χ0v) is 14.3. The van der Waals surface area contributed by atoms with Crippen molar-refractivity contribution >= 4 is 28.4 Å². The smallest absolute Gasteiger partial charge is 0.255 e. The topological polar surface area (TPSA) is 42.4 Å². The van der Waals surface area contributed by atoms with Gasteiger partial charge >= 0.3 is 0 Å². The van der Waals surface area contributed by atoms with E-state index in [0.29, 0.717) is 23.7 Å². The zero-order chi connectivity index (χ0) is 17.2. The Hall–Kier alpha value is -2.59. The van der Waals surface area contributed by atoms with Crippen molar-refractivity contribution in [3.8, 4) is 5.75 Å². The van der Waals surface area contributed by atoms with Crippen molar-refractivity contribution in [3.05, 3.63) is 71.4 Å². The number of benzene rings is 2. The number of ether oxygens (including phenoxy) is 1. The molecule has 1 aromatic heterocycles. The molecule has 0 bridgehead atoms. The van der Waals surface area contributed by atoms with Crippen LogP contribution in [0.3, 0.4) is 0 Å². The van der Waals surface area contributed by atoms with Crippen molar-refractivity contribution < 1.29 is 9.53 Å². The Kier molecular flexibility index (Phi) is 4.28. The van der Waals surface area contributed by atoms with Gasteiger partial charge < -0.3 is 9.64 Å². The summed E-state index contributed by atoms with van der Waals surface area (Å²) < 4.78 is 6.15. The van der Waals surface area contributed by atoms with Gasteiger partial charge in [-0.25, -0.2) is 0 Å². The Morgan fingerprint density at radius 2 is 1.96 bits per heavy atom.